The predicted molar refractivity (Wildman–Crippen MR) is 72.3 cm³/mol. The number of Topliss-reactive ketones (excluding diaryl/α,β-unsaturated/α-hetero) is 1. The number of fused-ring (bicyclic) bond motifs is 1. The molecule has 0 saturated heterocycles. The molecule has 2 aromatic carbocycles. The zero-order chi connectivity index (χ0) is 13.0. The van der Waals surface area contributed by atoms with E-state index in [4.69, 9.17) is 5.26 Å². The molecule has 0 aromatic heterocycles. The van der Waals surface area contributed by atoms with Gasteiger partial charge in [0, 0.05) is 5.56 Å². The monoisotopic (exact) mass is 237 g/mol. The summed E-state index contributed by atoms with van der Waals surface area (Å²) in [7, 11) is 0. The molecule has 0 aliphatic rings. The lowest BCUT2D eigenvalue weighted by atomic mass is 9.93. The summed E-state index contributed by atoms with van der Waals surface area (Å²) in [6, 6.07) is 15.6. The van der Waals surface area contributed by atoms with E-state index >= 15 is 0 Å². The average Bonchev–Trinajstić information content (AvgIpc) is 2.43. The Hall–Kier alpha value is -2.14. The molecule has 0 bridgehead atoms. The molecule has 0 saturated carbocycles. The smallest absolute Gasteiger partial charge is 0.179 e. The first kappa shape index (κ1) is 12.3. The van der Waals surface area contributed by atoms with Crippen LogP contribution in [-0.2, 0) is 0 Å². The molecule has 1 atom stereocenters. The molecule has 0 aliphatic heterocycles. The summed E-state index contributed by atoms with van der Waals surface area (Å²) in [5.41, 5.74) is 0.633. The SMILES string of the molecule is CCCC(C#N)C(=O)c1ccc2ccccc2c1. The average molecular weight is 237 g/mol. The van der Waals surface area contributed by atoms with Crippen molar-refractivity contribution in [3.05, 3.63) is 48.0 Å². The maximum atomic E-state index is 12.2. The molecule has 0 fully saturated rings. The molecule has 2 aromatic rings. The Bertz CT molecular complexity index is 610. The Morgan fingerprint density at radius 1 is 1.22 bits per heavy atom. The van der Waals surface area contributed by atoms with E-state index in [1.165, 1.54) is 0 Å². The number of nitriles is 1. The van der Waals surface area contributed by atoms with Crippen molar-refractivity contribution in [3.63, 3.8) is 0 Å². The second-order valence-corrected chi connectivity index (χ2v) is 4.40. The van der Waals surface area contributed by atoms with Crippen molar-refractivity contribution < 1.29 is 4.79 Å². The van der Waals surface area contributed by atoms with E-state index in [0.717, 1.165) is 17.2 Å². The van der Waals surface area contributed by atoms with Crippen LogP contribution in [0.5, 0.6) is 0 Å². The third-order valence-corrected chi connectivity index (χ3v) is 3.08. The summed E-state index contributed by atoms with van der Waals surface area (Å²) in [5.74, 6) is -0.582. The van der Waals surface area contributed by atoms with Crippen LogP contribution in [0, 0.1) is 17.2 Å². The molecule has 2 nitrogen and oxygen atoms in total. The fraction of sp³-hybridized carbons (Fsp3) is 0.250. The van der Waals surface area contributed by atoms with Crippen LogP contribution in [0.4, 0.5) is 0 Å². The highest BCUT2D eigenvalue weighted by atomic mass is 16.1. The van der Waals surface area contributed by atoms with E-state index in [1.807, 2.05) is 49.4 Å². The van der Waals surface area contributed by atoms with Gasteiger partial charge in [-0.3, -0.25) is 4.79 Å². The topological polar surface area (TPSA) is 40.9 Å². The standard InChI is InChI=1S/C16H15NO/c1-2-5-15(11-17)16(18)14-9-8-12-6-3-4-7-13(12)10-14/h3-4,6-10,15H,2,5H2,1H3. The molecule has 1 unspecified atom stereocenters. The number of rotatable bonds is 4. The van der Waals surface area contributed by atoms with Crippen molar-refractivity contribution in [3.8, 4) is 6.07 Å². The first-order valence-corrected chi connectivity index (χ1v) is 6.19. The van der Waals surface area contributed by atoms with Gasteiger partial charge in [0.15, 0.2) is 5.78 Å². The number of nitrogens with zero attached hydrogens (tertiary/aromatic N) is 1. The van der Waals surface area contributed by atoms with Crippen molar-refractivity contribution in [2.24, 2.45) is 5.92 Å². The minimum atomic E-state index is -0.517. The summed E-state index contributed by atoms with van der Waals surface area (Å²) in [5, 5.41) is 11.2. The van der Waals surface area contributed by atoms with Gasteiger partial charge in [0.25, 0.3) is 0 Å². The zero-order valence-corrected chi connectivity index (χ0v) is 10.4. The lowest BCUT2D eigenvalue weighted by Crippen LogP contribution is -2.12. The van der Waals surface area contributed by atoms with Crippen LogP contribution in [0.25, 0.3) is 10.8 Å². The third kappa shape index (κ3) is 2.41. The highest BCUT2D eigenvalue weighted by Gasteiger charge is 2.18. The molecule has 90 valence electrons. The van der Waals surface area contributed by atoms with Gasteiger partial charge in [-0.15, -0.1) is 0 Å². The first-order valence-electron chi connectivity index (χ1n) is 6.19. The maximum absolute atomic E-state index is 12.2. The van der Waals surface area contributed by atoms with E-state index < -0.39 is 5.92 Å². The van der Waals surface area contributed by atoms with Gasteiger partial charge in [-0.2, -0.15) is 5.26 Å². The Kier molecular flexibility index (Phi) is 3.74. The van der Waals surface area contributed by atoms with E-state index in [-0.39, 0.29) is 5.78 Å². The molecule has 2 rings (SSSR count). The van der Waals surface area contributed by atoms with E-state index in [9.17, 15) is 4.79 Å². The molecule has 0 radical (unpaired) electrons. The van der Waals surface area contributed by atoms with Crippen molar-refractivity contribution in [2.75, 3.05) is 0 Å². The van der Waals surface area contributed by atoms with Gasteiger partial charge < -0.3 is 0 Å². The molecular formula is C16H15NO. The molecular weight excluding hydrogens is 222 g/mol. The highest BCUT2D eigenvalue weighted by Crippen LogP contribution is 2.19. The minimum absolute atomic E-state index is 0.0647. The Morgan fingerprint density at radius 3 is 2.61 bits per heavy atom. The number of benzene rings is 2. The second kappa shape index (κ2) is 5.46. The van der Waals surface area contributed by atoms with Crippen molar-refractivity contribution >= 4 is 16.6 Å². The summed E-state index contributed by atoms with van der Waals surface area (Å²) in [6.45, 7) is 1.98. The lowest BCUT2D eigenvalue weighted by molar-refractivity contribution is 0.0944. The fourth-order valence-corrected chi connectivity index (χ4v) is 2.09. The normalized spacial score (nSPS) is 12.0. The van der Waals surface area contributed by atoms with Gasteiger partial charge in [-0.05, 0) is 23.3 Å². The lowest BCUT2D eigenvalue weighted by Gasteiger charge is -2.07. The largest absolute Gasteiger partial charge is 0.293 e. The van der Waals surface area contributed by atoms with Crippen LogP contribution in [0.1, 0.15) is 30.1 Å². The van der Waals surface area contributed by atoms with Crippen molar-refractivity contribution in [1.82, 2.24) is 0 Å². The molecule has 0 N–H and O–H groups in total. The van der Waals surface area contributed by atoms with E-state index in [0.29, 0.717) is 12.0 Å². The van der Waals surface area contributed by atoms with Crippen LogP contribution < -0.4 is 0 Å². The van der Waals surface area contributed by atoms with E-state index in [1.54, 1.807) is 0 Å². The number of carbonyl (C=O) groups excluding carboxylic acids is 1. The van der Waals surface area contributed by atoms with E-state index in [2.05, 4.69) is 6.07 Å². The quantitative estimate of drug-likeness (QED) is 0.755. The van der Waals surface area contributed by atoms with Gasteiger partial charge in [0.1, 0.15) is 5.92 Å². The van der Waals surface area contributed by atoms with Crippen molar-refractivity contribution in [2.45, 2.75) is 19.8 Å². The summed E-state index contributed by atoms with van der Waals surface area (Å²) in [4.78, 5) is 12.2. The van der Waals surface area contributed by atoms with Gasteiger partial charge in [0.05, 0.1) is 6.07 Å². The minimum Gasteiger partial charge on any atom is -0.293 e. The summed E-state index contributed by atoms with van der Waals surface area (Å²) in [6.07, 6.45) is 1.47. The number of ketones is 1. The van der Waals surface area contributed by atoms with Gasteiger partial charge in [-0.1, -0.05) is 49.7 Å². The Balaban J connectivity index is 2.36. The van der Waals surface area contributed by atoms with Crippen LogP contribution >= 0.6 is 0 Å². The number of hydrogen-bond acceptors (Lipinski definition) is 2. The van der Waals surface area contributed by atoms with Crippen LogP contribution in [0.15, 0.2) is 42.5 Å². The maximum Gasteiger partial charge on any atom is 0.179 e. The fourth-order valence-electron chi connectivity index (χ4n) is 2.09. The predicted octanol–water partition coefficient (Wildman–Crippen LogP) is 3.96. The Morgan fingerprint density at radius 2 is 1.94 bits per heavy atom. The number of hydrogen-bond donors (Lipinski definition) is 0. The molecule has 2 heteroatoms. The second-order valence-electron chi connectivity index (χ2n) is 4.40. The molecule has 0 aliphatic carbocycles. The van der Waals surface area contributed by atoms with Crippen LogP contribution in [-0.4, -0.2) is 5.78 Å². The molecule has 18 heavy (non-hydrogen) atoms. The van der Waals surface area contributed by atoms with Crippen molar-refractivity contribution in [1.29, 1.82) is 5.26 Å². The molecule has 0 spiro atoms. The number of carbonyl (C=O) groups is 1. The molecule has 0 amide bonds. The highest BCUT2D eigenvalue weighted by molar-refractivity contribution is 6.02. The van der Waals surface area contributed by atoms with Crippen LogP contribution in [0.2, 0.25) is 0 Å². The van der Waals surface area contributed by atoms with Gasteiger partial charge >= 0.3 is 0 Å². The van der Waals surface area contributed by atoms with Gasteiger partial charge in [-0.25, -0.2) is 0 Å². The van der Waals surface area contributed by atoms with Gasteiger partial charge in [0.2, 0.25) is 0 Å². The zero-order valence-electron chi connectivity index (χ0n) is 10.4. The molecule has 0 heterocycles. The van der Waals surface area contributed by atoms with Crippen LogP contribution in [0.3, 0.4) is 0 Å². The third-order valence-electron chi connectivity index (χ3n) is 3.08. The first-order chi connectivity index (χ1) is 8.76. The summed E-state index contributed by atoms with van der Waals surface area (Å²) < 4.78 is 0. The summed E-state index contributed by atoms with van der Waals surface area (Å²) >= 11 is 0. The Labute approximate surface area is 107 Å².